The van der Waals surface area contributed by atoms with Gasteiger partial charge in [-0.3, -0.25) is 25.4 Å². The van der Waals surface area contributed by atoms with Crippen molar-refractivity contribution in [1.82, 2.24) is 20.4 Å². The molecule has 0 aliphatic rings. The molecule has 0 atom stereocenters. The molecule has 2 heterocycles. The number of nitrogens with zero attached hydrogens (tertiary/aromatic N) is 3. The Balaban J connectivity index is 2.10. The van der Waals surface area contributed by atoms with E-state index in [0.29, 0.717) is 16.5 Å². The van der Waals surface area contributed by atoms with Crippen LogP contribution in [0.25, 0.3) is 0 Å². The van der Waals surface area contributed by atoms with Crippen molar-refractivity contribution in [2.45, 2.75) is 19.8 Å². The molecular formula is C14H15ClN6O2. The summed E-state index contributed by atoms with van der Waals surface area (Å²) < 4.78 is 0. The molecule has 4 N–H and O–H groups in total. The van der Waals surface area contributed by atoms with Crippen LogP contribution < -0.4 is 16.6 Å². The average molecular weight is 335 g/mol. The molecule has 2 aromatic heterocycles. The molecule has 0 saturated heterocycles. The van der Waals surface area contributed by atoms with Gasteiger partial charge in [0.05, 0.1) is 5.56 Å². The predicted molar refractivity (Wildman–Crippen MR) is 85.0 cm³/mol. The zero-order valence-corrected chi connectivity index (χ0v) is 13.3. The summed E-state index contributed by atoms with van der Waals surface area (Å²) in [6.45, 7) is 3.87. The summed E-state index contributed by atoms with van der Waals surface area (Å²) in [5, 5.41) is 0.319. The second-order valence-electron chi connectivity index (χ2n) is 4.96. The summed E-state index contributed by atoms with van der Waals surface area (Å²) in [4.78, 5) is 34.8. The van der Waals surface area contributed by atoms with E-state index in [1.54, 1.807) is 0 Å². The van der Waals surface area contributed by atoms with Gasteiger partial charge in [0.1, 0.15) is 17.2 Å². The molecule has 0 bridgehead atoms. The van der Waals surface area contributed by atoms with Gasteiger partial charge in [0.15, 0.2) is 5.82 Å². The first kappa shape index (κ1) is 16.6. The van der Waals surface area contributed by atoms with Crippen molar-refractivity contribution in [3.8, 4) is 0 Å². The first-order valence-corrected chi connectivity index (χ1v) is 7.10. The number of anilines is 1. The number of halogens is 1. The SMILES string of the molecule is CC(C)c1c(Cl)ncnc1NNC(=O)c1ccc(C(N)=O)nc1. The van der Waals surface area contributed by atoms with Crippen molar-refractivity contribution in [2.75, 3.05) is 5.43 Å². The fourth-order valence-corrected chi connectivity index (χ4v) is 2.20. The van der Waals surface area contributed by atoms with Crippen molar-refractivity contribution in [2.24, 2.45) is 5.73 Å². The lowest BCUT2D eigenvalue weighted by atomic mass is 10.1. The fraction of sp³-hybridized carbons (Fsp3) is 0.214. The largest absolute Gasteiger partial charge is 0.364 e. The van der Waals surface area contributed by atoms with E-state index in [1.807, 2.05) is 13.8 Å². The van der Waals surface area contributed by atoms with E-state index in [1.165, 1.54) is 24.7 Å². The second kappa shape index (κ2) is 7.01. The van der Waals surface area contributed by atoms with Crippen molar-refractivity contribution in [3.63, 3.8) is 0 Å². The zero-order chi connectivity index (χ0) is 17.0. The zero-order valence-electron chi connectivity index (χ0n) is 12.5. The number of rotatable bonds is 5. The van der Waals surface area contributed by atoms with Gasteiger partial charge in [-0.2, -0.15) is 0 Å². The highest BCUT2D eigenvalue weighted by atomic mass is 35.5. The van der Waals surface area contributed by atoms with Gasteiger partial charge in [-0.25, -0.2) is 9.97 Å². The van der Waals surface area contributed by atoms with E-state index in [9.17, 15) is 9.59 Å². The predicted octanol–water partition coefficient (Wildman–Crippen LogP) is 1.50. The van der Waals surface area contributed by atoms with E-state index in [0.717, 1.165) is 0 Å². The van der Waals surface area contributed by atoms with Crippen LogP contribution in [0.1, 0.15) is 46.2 Å². The highest BCUT2D eigenvalue weighted by Gasteiger charge is 2.14. The third-order valence-electron chi connectivity index (χ3n) is 2.99. The van der Waals surface area contributed by atoms with Crippen molar-refractivity contribution in [1.29, 1.82) is 0 Å². The number of carbonyl (C=O) groups excluding carboxylic acids is 2. The number of hydrogen-bond acceptors (Lipinski definition) is 6. The Kier molecular flexibility index (Phi) is 5.07. The van der Waals surface area contributed by atoms with Crippen LogP contribution in [0, 0.1) is 0 Å². The molecule has 9 heteroatoms. The van der Waals surface area contributed by atoms with Crippen LogP contribution in [0.4, 0.5) is 5.82 Å². The maximum absolute atomic E-state index is 12.1. The molecular weight excluding hydrogens is 320 g/mol. The molecule has 0 unspecified atom stereocenters. The summed E-state index contributed by atoms with van der Waals surface area (Å²) in [7, 11) is 0. The highest BCUT2D eigenvalue weighted by Crippen LogP contribution is 2.27. The van der Waals surface area contributed by atoms with E-state index < -0.39 is 11.8 Å². The van der Waals surface area contributed by atoms with Gasteiger partial charge in [-0.15, -0.1) is 0 Å². The maximum Gasteiger partial charge on any atom is 0.271 e. The van der Waals surface area contributed by atoms with Crippen molar-refractivity contribution >= 4 is 29.2 Å². The first-order chi connectivity index (χ1) is 10.9. The highest BCUT2D eigenvalue weighted by molar-refractivity contribution is 6.30. The third kappa shape index (κ3) is 3.92. The lowest BCUT2D eigenvalue weighted by Gasteiger charge is -2.14. The van der Waals surface area contributed by atoms with Gasteiger partial charge in [0.2, 0.25) is 0 Å². The van der Waals surface area contributed by atoms with Gasteiger partial charge < -0.3 is 5.73 Å². The Hall–Kier alpha value is -2.74. The van der Waals surface area contributed by atoms with Crippen molar-refractivity contribution in [3.05, 3.63) is 46.6 Å². The van der Waals surface area contributed by atoms with E-state index in [4.69, 9.17) is 17.3 Å². The van der Waals surface area contributed by atoms with Crippen LogP contribution in [0.3, 0.4) is 0 Å². The molecule has 0 aliphatic carbocycles. The Bertz CT molecular complexity index is 733. The minimum absolute atomic E-state index is 0.0691. The van der Waals surface area contributed by atoms with Crippen LogP contribution >= 0.6 is 11.6 Å². The number of amides is 2. The molecule has 23 heavy (non-hydrogen) atoms. The fourth-order valence-electron chi connectivity index (χ4n) is 1.85. The maximum atomic E-state index is 12.1. The first-order valence-electron chi connectivity index (χ1n) is 6.72. The molecule has 2 aromatic rings. The average Bonchev–Trinajstić information content (AvgIpc) is 2.52. The van der Waals surface area contributed by atoms with E-state index in [2.05, 4.69) is 25.8 Å². The number of pyridine rings is 1. The third-order valence-corrected chi connectivity index (χ3v) is 3.29. The number of nitrogens with one attached hydrogen (secondary N) is 2. The Morgan fingerprint density at radius 3 is 2.52 bits per heavy atom. The minimum Gasteiger partial charge on any atom is -0.364 e. The monoisotopic (exact) mass is 334 g/mol. The van der Waals surface area contributed by atoms with Crippen LogP contribution in [0.2, 0.25) is 5.15 Å². The number of primary amides is 1. The quantitative estimate of drug-likeness (QED) is 0.562. The normalized spacial score (nSPS) is 10.4. The second-order valence-corrected chi connectivity index (χ2v) is 5.31. The van der Waals surface area contributed by atoms with E-state index >= 15 is 0 Å². The number of carbonyl (C=O) groups is 2. The molecule has 0 fully saturated rings. The van der Waals surface area contributed by atoms with Gasteiger partial charge in [-0.05, 0) is 18.1 Å². The Morgan fingerprint density at radius 1 is 1.22 bits per heavy atom. The molecule has 0 spiro atoms. The Morgan fingerprint density at radius 2 is 1.96 bits per heavy atom. The van der Waals surface area contributed by atoms with Gasteiger partial charge >= 0.3 is 0 Å². The number of hydrogen-bond donors (Lipinski definition) is 3. The van der Waals surface area contributed by atoms with Crippen LogP contribution in [0.5, 0.6) is 0 Å². The molecule has 2 rings (SSSR count). The lowest BCUT2D eigenvalue weighted by molar-refractivity contribution is 0.0957. The minimum atomic E-state index is -0.660. The van der Waals surface area contributed by atoms with Gasteiger partial charge in [0.25, 0.3) is 11.8 Å². The smallest absolute Gasteiger partial charge is 0.271 e. The van der Waals surface area contributed by atoms with Crippen LogP contribution in [-0.4, -0.2) is 26.8 Å². The summed E-state index contributed by atoms with van der Waals surface area (Å²) >= 11 is 6.05. The summed E-state index contributed by atoms with van der Waals surface area (Å²) in [6, 6.07) is 2.82. The molecule has 8 nitrogen and oxygen atoms in total. The van der Waals surface area contributed by atoms with Gasteiger partial charge in [0, 0.05) is 11.8 Å². The molecule has 0 aliphatic heterocycles. The van der Waals surface area contributed by atoms with Gasteiger partial charge in [-0.1, -0.05) is 25.4 Å². The van der Waals surface area contributed by atoms with Crippen LogP contribution in [-0.2, 0) is 0 Å². The summed E-state index contributed by atoms with van der Waals surface area (Å²) in [5.41, 5.74) is 11.3. The summed E-state index contributed by atoms with van der Waals surface area (Å²) in [6.07, 6.45) is 2.55. The summed E-state index contributed by atoms with van der Waals surface area (Å²) in [5.74, 6) is -0.625. The molecule has 0 radical (unpaired) electrons. The Labute approximate surface area is 137 Å². The molecule has 2 amide bonds. The van der Waals surface area contributed by atoms with E-state index in [-0.39, 0.29) is 17.2 Å². The topological polar surface area (TPSA) is 123 Å². The number of nitrogens with two attached hydrogens (primary N) is 1. The number of aromatic nitrogens is 3. The number of hydrazine groups is 1. The molecule has 0 saturated carbocycles. The van der Waals surface area contributed by atoms with Crippen LogP contribution in [0.15, 0.2) is 24.7 Å². The van der Waals surface area contributed by atoms with Crippen molar-refractivity contribution < 1.29 is 9.59 Å². The lowest BCUT2D eigenvalue weighted by Crippen LogP contribution is -2.30. The standard InChI is InChI=1S/C14H15ClN6O2/c1-7(2)10-11(15)18-6-19-13(10)20-21-14(23)8-3-4-9(12(16)22)17-5-8/h3-7H,1-2H3,(H2,16,22)(H,21,23)(H,18,19,20). The molecule has 120 valence electrons. The molecule has 0 aromatic carbocycles.